The third kappa shape index (κ3) is 3.64. The lowest BCUT2D eigenvalue weighted by Crippen LogP contribution is -2.20. The maximum absolute atomic E-state index is 11.8. The maximum Gasteiger partial charge on any atom is 0.253 e. The Kier molecular flexibility index (Phi) is 4.28. The van der Waals surface area contributed by atoms with E-state index in [2.05, 4.69) is 22.2 Å². The molecule has 100 valence electrons. The standard InChI is InChI=1S/C14H18N4O/c1-3-5-15-13-8-12(4-6-16-13)9-18-10-17-11(2)7-14(18)19/h4,6-8,10H,3,5,9H2,1-2H3,(H,15,16). The summed E-state index contributed by atoms with van der Waals surface area (Å²) in [5.41, 5.74) is 1.73. The van der Waals surface area contributed by atoms with Gasteiger partial charge in [-0.25, -0.2) is 9.97 Å². The van der Waals surface area contributed by atoms with Crippen LogP contribution in [0.15, 0.2) is 35.5 Å². The zero-order valence-electron chi connectivity index (χ0n) is 11.3. The average Bonchev–Trinajstić information content (AvgIpc) is 2.40. The van der Waals surface area contributed by atoms with E-state index in [0.717, 1.165) is 30.0 Å². The summed E-state index contributed by atoms with van der Waals surface area (Å²) in [6.07, 6.45) is 4.38. The van der Waals surface area contributed by atoms with E-state index in [9.17, 15) is 4.79 Å². The number of pyridine rings is 1. The number of aromatic nitrogens is 3. The number of nitrogens with one attached hydrogen (secondary N) is 1. The van der Waals surface area contributed by atoms with Crippen LogP contribution in [0, 0.1) is 6.92 Å². The summed E-state index contributed by atoms with van der Waals surface area (Å²) >= 11 is 0. The zero-order valence-corrected chi connectivity index (χ0v) is 11.3. The van der Waals surface area contributed by atoms with Gasteiger partial charge < -0.3 is 5.32 Å². The fraction of sp³-hybridized carbons (Fsp3) is 0.357. The average molecular weight is 258 g/mol. The van der Waals surface area contributed by atoms with Gasteiger partial charge in [-0.15, -0.1) is 0 Å². The first kappa shape index (κ1) is 13.3. The molecule has 5 heteroatoms. The zero-order chi connectivity index (χ0) is 13.7. The molecule has 0 saturated heterocycles. The van der Waals surface area contributed by atoms with Gasteiger partial charge in [-0.05, 0) is 31.0 Å². The minimum absolute atomic E-state index is 0.0348. The van der Waals surface area contributed by atoms with E-state index in [1.807, 2.05) is 19.1 Å². The Morgan fingerprint density at radius 1 is 1.32 bits per heavy atom. The molecule has 0 amide bonds. The highest BCUT2D eigenvalue weighted by Gasteiger charge is 2.01. The van der Waals surface area contributed by atoms with Crippen LogP contribution in [0.2, 0.25) is 0 Å². The Balaban J connectivity index is 2.16. The predicted molar refractivity (Wildman–Crippen MR) is 75.4 cm³/mol. The number of rotatable bonds is 5. The first-order chi connectivity index (χ1) is 9.19. The molecule has 0 aliphatic carbocycles. The Hall–Kier alpha value is -2.17. The third-order valence-corrected chi connectivity index (χ3v) is 2.75. The van der Waals surface area contributed by atoms with Crippen LogP contribution in [-0.4, -0.2) is 21.1 Å². The van der Waals surface area contributed by atoms with E-state index in [1.165, 1.54) is 6.07 Å². The summed E-state index contributed by atoms with van der Waals surface area (Å²) in [5.74, 6) is 0.840. The molecule has 0 spiro atoms. The first-order valence-electron chi connectivity index (χ1n) is 6.41. The summed E-state index contributed by atoms with van der Waals surface area (Å²) in [6.45, 7) is 5.32. The van der Waals surface area contributed by atoms with Gasteiger partial charge in [0.15, 0.2) is 0 Å². The lowest BCUT2D eigenvalue weighted by atomic mass is 10.2. The minimum atomic E-state index is -0.0348. The Labute approximate surface area is 112 Å². The van der Waals surface area contributed by atoms with Crippen LogP contribution in [0.4, 0.5) is 5.82 Å². The van der Waals surface area contributed by atoms with Crippen molar-refractivity contribution in [1.29, 1.82) is 0 Å². The molecule has 0 aromatic carbocycles. The van der Waals surface area contributed by atoms with Gasteiger partial charge in [-0.1, -0.05) is 6.92 Å². The Morgan fingerprint density at radius 3 is 2.89 bits per heavy atom. The summed E-state index contributed by atoms with van der Waals surface area (Å²) in [5, 5.41) is 3.23. The monoisotopic (exact) mass is 258 g/mol. The molecule has 2 heterocycles. The molecule has 0 aliphatic heterocycles. The molecule has 19 heavy (non-hydrogen) atoms. The molecule has 0 saturated carbocycles. The molecule has 2 aromatic heterocycles. The van der Waals surface area contributed by atoms with E-state index in [4.69, 9.17) is 0 Å². The fourth-order valence-corrected chi connectivity index (χ4v) is 1.75. The van der Waals surface area contributed by atoms with Crippen molar-refractivity contribution in [2.24, 2.45) is 0 Å². The van der Waals surface area contributed by atoms with Crippen LogP contribution < -0.4 is 10.9 Å². The summed E-state index contributed by atoms with van der Waals surface area (Å²) in [7, 11) is 0. The summed E-state index contributed by atoms with van der Waals surface area (Å²) in [4.78, 5) is 20.2. The molecule has 2 aromatic rings. The van der Waals surface area contributed by atoms with Crippen LogP contribution in [-0.2, 0) is 6.54 Å². The Morgan fingerprint density at radius 2 is 2.16 bits per heavy atom. The highest BCUT2D eigenvalue weighted by Crippen LogP contribution is 2.07. The van der Waals surface area contributed by atoms with E-state index in [-0.39, 0.29) is 5.56 Å². The van der Waals surface area contributed by atoms with E-state index >= 15 is 0 Å². The normalized spacial score (nSPS) is 10.4. The topological polar surface area (TPSA) is 59.8 Å². The molecule has 1 N–H and O–H groups in total. The molecule has 0 atom stereocenters. The molecule has 0 aliphatic rings. The van der Waals surface area contributed by atoms with Crippen molar-refractivity contribution in [2.45, 2.75) is 26.8 Å². The van der Waals surface area contributed by atoms with Gasteiger partial charge in [0.1, 0.15) is 5.82 Å². The maximum atomic E-state index is 11.8. The SMILES string of the molecule is CCCNc1cc(Cn2cnc(C)cc2=O)ccn1. The predicted octanol–water partition coefficient (Wildman–Crippen LogP) is 1.82. The van der Waals surface area contributed by atoms with Crippen molar-refractivity contribution < 1.29 is 0 Å². The highest BCUT2D eigenvalue weighted by atomic mass is 16.1. The van der Waals surface area contributed by atoms with Crippen LogP contribution in [0.25, 0.3) is 0 Å². The smallest absolute Gasteiger partial charge is 0.253 e. The first-order valence-corrected chi connectivity index (χ1v) is 6.41. The van der Waals surface area contributed by atoms with Gasteiger partial charge in [-0.3, -0.25) is 9.36 Å². The van der Waals surface area contributed by atoms with Gasteiger partial charge in [0, 0.05) is 24.5 Å². The number of hydrogen-bond donors (Lipinski definition) is 1. The van der Waals surface area contributed by atoms with E-state index in [1.54, 1.807) is 17.1 Å². The van der Waals surface area contributed by atoms with Gasteiger partial charge >= 0.3 is 0 Å². The molecule has 2 rings (SSSR count). The van der Waals surface area contributed by atoms with E-state index in [0.29, 0.717) is 6.54 Å². The van der Waals surface area contributed by atoms with Gasteiger partial charge in [-0.2, -0.15) is 0 Å². The largest absolute Gasteiger partial charge is 0.370 e. The molecular formula is C14H18N4O. The molecule has 0 fully saturated rings. The third-order valence-electron chi connectivity index (χ3n) is 2.75. The Bertz CT molecular complexity index is 606. The van der Waals surface area contributed by atoms with Gasteiger partial charge in [0.2, 0.25) is 0 Å². The number of nitrogens with zero attached hydrogens (tertiary/aromatic N) is 3. The molecular weight excluding hydrogens is 240 g/mol. The number of aryl methyl sites for hydroxylation is 1. The van der Waals surface area contributed by atoms with E-state index < -0.39 is 0 Å². The van der Waals surface area contributed by atoms with Crippen LogP contribution in [0.3, 0.4) is 0 Å². The fourth-order valence-electron chi connectivity index (χ4n) is 1.75. The quantitative estimate of drug-likeness (QED) is 0.888. The lowest BCUT2D eigenvalue weighted by Gasteiger charge is -2.08. The summed E-state index contributed by atoms with van der Waals surface area (Å²) < 4.78 is 1.59. The summed E-state index contributed by atoms with van der Waals surface area (Å²) in [6, 6.07) is 5.41. The van der Waals surface area contributed by atoms with Crippen molar-refractivity contribution in [3.8, 4) is 0 Å². The van der Waals surface area contributed by atoms with Crippen molar-refractivity contribution in [3.05, 3.63) is 52.3 Å². The van der Waals surface area contributed by atoms with Crippen LogP contribution in [0.1, 0.15) is 24.6 Å². The second-order valence-corrected chi connectivity index (χ2v) is 4.47. The second kappa shape index (κ2) is 6.13. The van der Waals surface area contributed by atoms with Crippen molar-refractivity contribution >= 4 is 5.82 Å². The number of anilines is 1. The molecule has 5 nitrogen and oxygen atoms in total. The van der Waals surface area contributed by atoms with Crippen LogP contribution in [0.5, 0.6) is 0 Å². The van der Waals surface area contributed by atoms with Crippen LogP contribution >= 0.6 is 0 Å². The molecule has 0 bridgehead atoms. The minimum Gasteiger partial charge on any atom is -0.370 e. The number of hydrogen-bond acceptors (Lipinski definition) is 4. The van der Waals surface area contributed by atoms with Crippen molar-refractivity contribution in [3.63, 3.8) is 0 Å². The van der Waals surface area contributed by atoms with Gasteiger partial charge in [0.05, 0.1) is 12.9 Å². The van der Waals surface area contributed by atoms with Gasteiger partial charge in [0.25, 0.3) is 5.56 Å². The second-order valence-electron chi connectivity index (χ2n) is 4.47. The van der Waals surface area contributed by atoms with Crippen molar-refractivity contribution in [1.82, 2.24) is 14.5 Å². The van der Waals surface area contributed by atoms with Crippen molar-refractivity contribution in [2.75, 3.05) is 11.9 Å². The molecule has 0 radical (unpaired) electrons. The lowest BCUT2D eigenvalue weighted by molar-refractivity contribution is 0.729. The molecule has 0 unspecified atom stereocenters. The highest BCUT2D eigenvalue weighted by molar-refractivity contribution is 5.37.